The third-order valence-corrected chi connectivity index (χ3v) is 6.64. The van der Waals surface area contributed by atoms with Crippen LogP contribution in [0, 0.1) is 5.92 Å². The first-order valence-electron chi connectivity index (χ1n) is 12.9. The molecule has 0 bridgehead atoms. The summed E-state index contributed by atoms with van der Waals surface area (Å²) in [7, 11) is 4.00. The molecule has 2 aliphatic rings. The van der Waals surface area contributed by atoms with Gasteiger partial charge in [-0.15, -0.1) is 11.8 Å². The van der Waals surface area contributed by atoms with Crippen molar-refractivity contribution in [2.75, 3.05) is 39.6 Å². The van der Waals surface area contributed by atoms with Crippen molar-refractivity contribution in [2.45, 2.75) is 91.3 Å². The summed E-state index contributed by atoms with van der Waals surface area (Å²) in [6.07, 6.45) is 14.8. The second kappa shape index (κ2) is 22.3. The zero-order valence-corrected chi connectivity index (χ0v) is 23.3. The first-order valence-corrected chi connectivity index (χ1v) is 13.9. The highest BCUT2D eigenvalue weighted by atomic mass is 32.2. The lowest BCUT2D eigenvalue weighted by atomic mass is 9.84. The predicted octanol–water partition coefficient (Wildman–Crippen LogP) is 5.58. The predicted molar refractivity (Wildman–Crippen MR) is 145 cm³/mol. The molecule has 1 aliphatic carbocycles. The summed E-state index contributed by atoms with van der Waals surface area (Å²) in [5.74, 6) is 1.22. The van der Waals surface area contributed by atoms with Gasteiger partial charge in [-0.1, -0.05) is 38.8 Å². The Labute approximate surface area is 213 Å². The van der Waals surface area contributed by atoms with Gasteiger partial charge in [0, 0.05) is 39.2 Å². The third-order valence-electron chi connectivity index (χ3n) is 5.92. The molecule has 1 saturated heterocycles. The maximum absolute atomic E-state index is 10.8. The number of hydrogen-bond acceptors (Lipinski definition) is 6. The molecule has 2 rings (SSSR count). The second-order valence-electron chi connectivity index (χ2n) is 8.86. The van der Waals surface area contributed by atoms with Gasteiger partial charge in [0.25, 0.3) is 0 Å². The first-order chi connectivity index (χ1) is 16.4. The molecule has 7 heteroatoms. The molecule has 6 nitrogen and oxygen atoms in total. The van der Waals surface area contributed by atoms with E-state index < -0.39 is 0 Å². The minimum Gasteiger partial charge on any atom is -0.381 e. The maximum Gasteiger partial charge on any atom is 0.220 e. The van der Waals surface area contributed by atoms with E-state index in [2.05, 4.69) is 37.2 Å². The van der Waals surface area contributed by atoms with E-state index in [0.717, 1.165) is 56.7 Å². The molecule has 2 fully saturated rings. The van der Waals surface area contributed by atoms with Crippen LogP contribution < -0.4 is 5.32 Å². The lowest BCUT2D eigenvalue weighted by Gasteiger charge is -2.34. The van der Waals surface area contributed by atoms with E-state index in [1.165, 1.54) is 50.9 Å². The fraction of sp³-hybridized carbons (Fsp3) is 0.778. The number of carbonyl (C=O) groups is 2. The minimum absolute atomic E-state index is 0.0230. The fourth-order valence-corrected chi connectivity index (χ4v) is 4.24. The highest BCUT2D eigenvalue weighted by Crippen LogP contribution is 2.30. The highest BCUT2D eigenvalue weighted by Gasteiger charge is 2.33. The van der Waals surface area contributed by atoms with E-state index in [0.29, 0.717) is 18.0 Å². The van der Waals surface area contributed by atoms with Crippen molar-refractivity contribution in [3.05, 3.63) is 23.3 Å². The smallest absolute Gasteiger partial charge is 0.220 e. The Morgan fingerprint density at radius 3 is 2.59 bits per heavy atom. The number of thioether (sulfide) groups is 1. The third kappa shape index (κ3) is 17.3. The number of unbranched alkanes of at least 4 members (excludes halogenated alkanes) is 2. The van der Waals surface area contributed by atoms with Gasteiger partial charge < -0.3 is 24.5 Å². The Balaban J connectivity index is 0.000000555. The zero-order valence-electron chi connectivity index (χ0n) is 22.5. The molecule has 1 saturated carbocycles. The Kier molecular flexibility index (Phi) is 21.6. The van der Waals surface area contributed by atoms with Crippen LogP contribution in [0.5, 0.6) is 0 Å². The van der Waals surface area contributed by atoms with Gasteiger partial charge in [0.05, 0.1) is 24.6 Å². The number of nitrogens with zero attached hydrogens (tertiary/aromatic N) is 1. The quantitative estimate of drug-likeness (QED) is 0.313. The van der Waals surface area contributed by atoms with Crippen molar-refractivity contribution in [3.8, 4) is 0 Å². The van der Waals surface area contributed by atoms with Crippen LogP contribution in [-0.4, -0.2) is 68.9 Å². The molecule has 1 aliphatic heterocycles. The zero-order chi connectivity index (χ0) is 25.6. The molecule has 1 amide bonds. The van der Waals surface area contributed by atoms with E-state index in [4.69, 9.17) is 9.47 Å². The van der Waals surface area contributed by atoms with Crippen molar-refractivity contribution in [1.29, 1.82) is 0 Å². The molecule has 1 heterocycles. The lowest BCUT2D eigenvalue weighted by Crippen LogP contribution is -2.37. The van der Waals surface area contributed by atoms with Crippen molar-refractivity contribution >= 4 is 24.0 Å². The maximum atomic E-state index is 10.8. The van der Waals surface area contributed by atoms with Crippen LogP contribution in [0.15, 0.2) is 23.3 Å². The number of fused-ring (bicyclic) bond motifs is 1. The summed E-state index contributed by atoms with van der Waals surface area (Å²) in [5.41, 5.74) is 0.974. The number of aldehydes is 1. The average molecular weight is 499 g/mol. The van der Waals surface area contributed by atoms with Crippen LogP contribution in [0.25, 0.3) is 0 Å². The summed E-state index contributed by atoms with van der Waals surface area (Å²) in [6, 6.07) is 0. The van der Waals surface area contributed by atoms with E-state index in [1.807, 2.05) is 25.5 Å². The summed E-state index contributed by atoms with van der Waals surface area (Å²) in [5, 5.41) is 4.73. The molecule has 0 spiro atoms. The largest absolute Gasteiger partial charge is 0.381 e. The standard InChI is InChI=1S/C12H19NO2S.C11H21NO2.C4H10/c1-3-12(13-11(2)15)7-5-4-6-9-16-10-8-14;1-12-5-6-14-11-7-10(13-2)4-3-9(11)8-12;1-3-4-2/h3,6,8-9H,4-5,7,10H2,1-2H3,(H,13,15);9-11H,3-8H2,1-2H3;3-4H2,1-2H3/b9-6+,12-3+;;. The lowest BCUT2D eigenvalue weighted by molar-refractivity contribution is -0.118. The Morgan fingerprint density at radius 2 is 2.00 bits per heavy atom. The molecule has 0 aromatic rings. The summed E-state index contributed by atoms with van der Waals surface area (Å²) < 4.78 is 11.3. The number of rotatable bonds is 10. The van der Waals surface area contributed by atoms with Crippen LogP contribution in [0.1, 0.15) is 79.1 Å². The molecule has 3 atom stereocenters. The normalized spacial score (nSPS) is 23.0. The Morgan fingerprint density at radius 1 is 1.26 bits per heavy atom. The fourth-order valence-electron chi connectivity index (χ4n) is 3.78. The van der Waals surface area contributed by atoms with E-state index in [1.54, 1.807) is 0 Å². The van der Waals surface area contributed by atoms with E-state index in [-0.39, 0.29) is 5.91 Å². The van der Waals surface area contributed by atoms with Gasteiger partial charge in [-0.25, -0.2) is 0 Å². The van der Waals surface area contributed by atoms with Crippen molar-refractivity contribution in [3.63, 3.8) is 0 Å². The number of allylic oxidation sites excluding steroid dienone is 3. The topological polar surface area (TPSA) is 67.9 Å². The van der Waals surface area contributed by atoms with Gasteiger partial charge in [0.2, 0.25) is 5.91 Å². The van der Waals surface area contributed by atoms with Crippen molar-refractivity contribution in [1.82, 2.24) is 10.2 Å². The summed E-state index contributed by atoms with van der Waals surface area (Å²) >= 11 is 1.50. The molecule has 0 radical (unpaired) electrons. The molecule has 3 unspecified atom stereocenters. The Hall–Kier alpha value is -1.15. The van der Waals surface area contributed by atoms with Gasteiger partial charge in [0.1, 0.15) is 6.29 Å². The number of likely N-dealkylation sites (N-methyl/N-ethyl adjacent to an activating group) is 1. The van der Waals surface area contributed by atoms with Crippen LogP contribution in [-0.2, 0) is 19.1 Å². The van der Waals surface area contributed by atoms with Gasteiger partial charge in [0.15, 0.2) is 0 Å². The minimum atomic E-state index is -0.0230. The summed E-state index contributed by atoms with van der Waals surface area (Å²) in [4.78, 5) is 23.2. The van der Waals surface area contributed by atoms with E-state index >= 15 is 0 Å². The van der Waals surface area contributed by atoms with Crippen LogP contribution >= 0.6 is 11.8 Å². The SMILES string of the molecule is C/C=C(\CCC/C=C/SCC=O)NC(C)=O.CCCC.COC1CCC2CN(C)CCOC2C1. The van der Waals surface area contributed by atoms with Gasteiger partial charge >= 0.3 is 0 Å². The summed E-state index contributed by atoms with van der Waals surface area (Å²) in [6.45, 7) is 10.9. The number of carbonyl (C=O) groups excluding carboxylic acids is 2. The highest BCUT2D eigenvalue weighted by molar-refractivity contribution is 8.02. The monoisotopic (exact) mass is 498 g/mol. The van der Waals surface area contributed by atoms with Gasteiger partial charge in [-0.3, -0.25) is 4.79 Å². The number of amides is 1. The molecule has 0 aromatic carbocycles. The number of ether oxygens (including phenoxy) is 2. The number of methoxy groups -OCH3 is 1. The van der Waals surface area contributed by atoms with Crippen LogP contribution in [0.2, 0.25) is 0 Å². The second-order valence-corrected chi connectivity index (χ2v) is 9.80. The first kappa shape index (κ1) is 32.8. The number of hydrogen-bond donors (Lipinski definition) is 1. The molecule has 0 aromatic heterocycles. The number of nitrogens with one attached hydrogen (secondary N) is 1. The molecule has 1 N–H and O–H groups in total. The molecule has 198 valence electrons. The molecular weight excluding hydrogens is 448 g/mol. The van der Waals surface area contributed by atoms with Gasteiger partial charge in [-0.05, 0) is 57.4 Å². The van der Waals surface area contributed by atoms with Crippen molar-refractivity contribution < 1.29 is 19.1 Å². The Bertz CT molecular complexity index is 581. The van der Waals surface area contributed by atoms with Crippen LogP contribution in [0.4, 0.5) is 0 Å². The van der Waals surface area contributed by atoms with Crippen LogP contribution in [0.3, 0.4) is 0 Å². The van der Waals surface area contributed by atoms with E-state index in [9.17, 15) is 9.59 Å². The molecule has 34 heavy (non-hydrogen) atoms. The van der Waals surface area contributed by atoms with Crippen molar-refractivity contribution in [2.24, 2.45) is 5.92 Å². The molecular formula is C27H50N2O4S. The average Bonchev–Trinajstić information content (AvgIpc) is 3.02. The van der Waals surface area contributed by atoms with Gasteiger partial charge in [-0.2, -0.15) is 0 Å².